The van der Waals surface area contributed by atoms with Gasteiger partial charge in [-0.2, -0.15) is 0 Å². The van der Waals surface area contributed by atoms with Gasteiger partial charge in [0.25, 0.3) is 0 Å². The van der Waals surface area contributed by atoms with E-state index in [4.69, 9.17) is 9.47 Å². The van der Waals surface area contributed by atoms with Gasteiger partial charge in [-0.25, -0.2) is 14.4 Å². The number of nitrogens with one attached hydrogen (secondary N) is 1. The van der Waals surface area contributed by atoms with Crippen LogP contribution in [-0.4, -0.2) is 42.6 Å². The Morgan fingerprint density at radius 1 is 1.28 bits per heavy atom. The predicted octanol–water partition coefficient (Wildman–Crippen LogP) is 4.03. The maximum Gasteiger partial charge on any atom is 0.147 e. The van der Waals surface area contributed by atoms with Gasteiger partial charge in [0.2, 0.25) is 0 Å². The molecule has 0 bridgehead atoms. The van der Waals surface area contributed by atoms with Crippen molar-refractivity contribution in [3.8, 4) is 0 Å². The minimum Gasteiger partial charge on any atom is -0.382 e. The van der Waals surface area contributed by atoms with Crippen LogP contribution in [-0.2, 0) is 28.9 Å². The lowest BCUT2D eigenvalue weighted by Crippen LogP contribution is -2.41. The van der Waals surface area contributed by atoms with Gasteiger partial charge in [0, 0.05) is 31.7 Å². The summed E-state index contributed by atoms with van der Waals surface area (Å²) in [7, 11) is 3.44. The predicted molar refractivity (Wildman–Crippen MR) is 112 cm³/mol. The number of aliphatic imine (C=N–C) groups is 1. The second-order valence-corrected chi connectivity index (χ2v) is 8.61. The summed E-state index contributed by atoms with van der Waals surface area (Å²) >= 11 is 1.65. The van der Waals surface area contributed by atoms with Gasteiger partial charge in [-0.1, -0.05) is 0 Å². The number of nitrogens with zero attached hydrogens (tertiary/aromatic N) is 3. The maximum absolute atomic E-state index is 14.6. The summed E-state index contributed by atoms with van der Waals surface area (Å²) in [5.41, 5.74) is 3.16. The molecule has 5 rings (SSSR count). The molecule has 1 N–H and O–H groups in total. The van der Waals surface area contributed by atoms with Crippen LogP contribution < -0.4 is 5.32 Å². The van der Waals surface area contributed by atoms with Crippen molar-refractivity contribution in [2.24, 2.45) is 4.99 Å². The normalized spacial score (nSPS) is 20.1. The van der Waals surface area contributed by atoms with Crippen LogP contribution in [0.2, 0.25) is 0 Å². The van der Waals surface area contributed by atoms with E-state index in [2.05, 4.69) is 20.3 Å². The van der Waals surface area contributed by atoms with Crippen LogP contribution in [0.25, 0.3) is 10.2 Å². The summed E-state index contributed by atoms with van der Waals surface area (Å²) in [6.45, 7) is 1.08. The molecular formula is C21H21FN4O2S. The van der Waals surface area contributed by atoms with Crippen molar-refractivity contribution in [1.82, 2.24) is 9.97 Å². The Labute approximate surface area is 171 Å². The van der Waals surface area contributed by atoms with Gasteiger partial charge < -0.3 is 14.8 Å². The number of fused-ring (bicyclic) bond motifs is 4. The molecule has 1 aliphatic carbocycles. The van der Waals surface area contributed by atoms with E-state index >= 15 is 0 Å². The fourth-order valence-corrected chi connectivity index (χ4v) is 5.56. The molecule has 3 aromatic rings. The Morgan fingerprint density at radius 3 is 3.00 bits per heavy atom. The van der Waals surface area contributed by atoms with E-state index in [0.717, 1.165) is 40.6 Å². The SMILES string of the molecule is COC[C@]1(OC)CCc2c(sc3ncnc(Nc4cc5c(cc4F)CN=C5)c23)C1. The number of thiophene rings is 1. The van der Waals surface area contributed by atoms with Gasteiger partial charge in [-0.05, 0) is 41.7 Å². The fraction of sp³-hybridized carbons (Fsp3) is 0.381. The number of aromatic nitrogens is 2. The maximum atomic E-state index is 14.6. The molecule has 0 amide bonds. The summed E-state index contributed by atoms with van der Waals surface area (Å²) in [4.78, 5) is 15.3. The molecule has 2 aliphatic rings. The second-order valence-electron chi connectivity index (χ2n) is 7.53. The molecule has 29 heavy (non-hydrogen) atoms. The third-order valence-electron chi connectivity index (χ3n) is 5.80. The molecule has 2 aromatic heterocycles. The Balaban J connectivity index is 1.55. The zero-order valence-electron chi connectivity index (χ0n) is 16.3. The quantitative estimate of drug-likeness (QED) is 0.685. The van der Waals surface area contributed by atoms with Crippen molar-refractivity contribution in [3.63, 3.8) is 0 Å². The number of aryl methyl sites for hydroxylation is 1. The number of rotatable bonds is 5. The lowest BCUT2D eigenvalue weighted by molar-refractivity contribution is -0.0714. The van der Waals surface area contributed by atoms with E-state index in [1.165, 1.54) is 16.8 Å². The highest BCUT2D eigenvalue weighted by atomic mass is 32.1. The van der Waals surface area contributed by atoms with Crippen LogP contribution in [0, 0.1) is 5.82 Å². The summed E-state index contributed by atoms with van der Waals surface area (Å²) in [5, 5.41) is 4.18. The highest BCUT2D eigenvalue weighted by Gasteiger charge is 2.37. The zero-order valence-corrected chi connectivity index (χ0v) is 17.1. The monoisotopic (exact) mass is 412 g/mol. The molecule has 0 fully saturated rings. The van der Waals surface area contributed by atoms with E-state index in [1.54, 1.807) is 43.9 Å². The standard InChI is InChI=1S/C21H21FN4O2S/c1-27-10-21(28-2)4-3-14-17(7-21)29-20-18(14)19(24-11-25-20)26-16-6-13-9-23-8-12(13)5-15(16)22/h5-6,9,11H,3-4,7-8,10H2,1-2H3,(H,24,25,26)/t21-/m0/s1. The molecule has 150 valence electrons. The number of ether oxygens (including phenoxy) is 2. The van der Waals surface area contributed by atoms with Crippen LogP contribution in [0.1, 0.15) is 28.0 Å². The molecule has 0 spiro atoms. The molecule has 0 radical (unpaired) electrons. The van der Waals surface area contributed by atoms with Crippen LogP contribution in [0.4, 0.5) is 15.9 Å². The van der Waals surface area contributed by atoms with Crippen molar-refractivity contribution in [2.75, 3.05) is 26.1 Å². The first kappa shape index (κ1) is 18.6. The molecule has 0 saturated carbocycles. The molecule has 8 heteroatoms. The number of hydrogen-bond donors (Lipinski definition) is 1. The van der Waals surface area contributed by atoms with Gasteiger partial charge in [-0.3, -0.25) is 4.99 Å². The third-order valence-corrected chi connectivity index (χ3v) is 6.94. The number of benzene rings is 1. The molecular weight excluding hydrogens is 391 g/mol. The summed E-state index contributed by atoms with van der Waals surface area (Å²) < 4.78 is 25.9. The van der Waals surface area contributed by atoms with Gasteiger partial charge in [0.15, 0.2) is 0 Å². The van der Waals surface area contributed by atoms with Gasteiger partial charge in [0.05, 0.1) is 29.8 Å². The Hall–Kier alpha value is -2.42. The van der Waals surface area contributed by atoms with Crippen molar-refractivity contribution in [1.29, 1.82) is 0 Å². The highest BCUT2D eigenvalue weighted by Crippen LogP contribution is 2.42. The molecule has 0 saturated heterocycles. The van der Waals surface area contributed by atoms with E-state index in [9.17, 15) is 4.39 Å². The van der Waals surface area contributed by atoms with Gasteiger partial charge in [-0.15, -0.1) is 11.3 Å². The molecule has 6 nitrogen and oxygen atoms in total. The number of halogens is 1. The van der Waals surface area contributed by atoms with Crippen LogP contribution in [0.3, 0.4) is 0 Å². The van der Waals surface area contributed by atoms with Gasteiger partial charge >= 0.3 is 0 Å². The largest absolute Gasteiger partial charge is 0.382 e. The Bertz CT molecular complexity index is 1130. The lowest BCUT2D eigenvalue weighted by atomic mass is 9.84. The van der Waals surface area contributed by atoms with Gasteiger partial charge in [0.1, 0.15) is 22.8 Å². The minimum absolute atomic E-state index is 0.302. The molecule has 1 aliphatic heterocycles. The number of methoxy groups -OCH3 is 2. The van der Waals surface area contributed by atoms with Crippen molar-refractivity contribution in [3.05, 3.63) is 45.8 Å². The smallest absolute Gasteiger partial charge is 0.147 e. The van der Waals surface area contributed by atoms with E-state index in [-0.39, 0.29) is 11.4 Å². The summed E-state index contributed by atoms with van der Waals surface area (Å²) in [6.07, 6.45) is 5.78. The highest BCUT2D eigenvalue weighted by molar-refractivity contribution is 7.19. The number of anilines is 2. The fourth-order valence-electron chi connectivity index (χ4n) is 4.25. The van der Waals surface area contributed by atoms with E-state index in [1.807, 2.05) is 0 Å². The third kappa shape index (κ3) is 3.11. The van der Waals surface area contributed by atoms with E-state index in [0.29, 0.717) is 24.7 Å². The average molecular weight is 412 g/mol. The minimum atomic E-state index is -0.310. The number of hydrogen-bond acceptors (Lipinski definition) is 7. The van der Waals surface area contributed by atoms with Crippen LogP contribution in [0.5, 0.6) is 0 Å². The van der Waals surface area contributed by atoms with Crippen molar-refractivity contribution < 1.29 is 13.9 Å². The van der Waals surface area contributed by atoms with E-state index < -0.39 is 0 Å². The first-order valence-electron chi connectivity index (χ1n) is 9.51. The molecule has 0 unspecified atom stereocenters. The molecule has 1 atom stereocenters. The molecule has 3 heterocycles. The average Bonchev–Trinajstić information content (AvgIpc) is 3.32. The second kappa shape index (κ2) is 7.12. The Morgan fingerprint density at radius 2 is 2.17 bits per heavy atom. The Kier molecular flexibility index (Phi) is 4.57. The zero-order chi connectivity index (χ0) is 20.0. The summed E-state index contributed by atoms with van der Waals surface area (Å²) in [6, 6.07) is 3.34. The first-order chi connectivity index (χ1) is 14.1. The topological polar surface area (TPSA) is 68.6 Å². The summed E-state index contributed by atoms with van der Waals surface area (Å²) in [5.74, 6) is 0.335. The first-order valence-corrected chi connectivity index (χ1v) is 10.3. The lowest BCUT2D eigenvalue weighted by Gasteiger charge is -2.35. The van der Waals surface area contributed by atoms with Crippen molar-refractivity contribution >= 4 is 39.3 Å². The molecule has 1 aromatic carbocycles. The van der Waals surface area contributed by atoms with Crippen molar-refractivity contribution in [2.45, 2.75) is 31.4 Å². The van der Waals surface area contributed by atoms with Crippen LogP contribution >= 0.6 is 11.3 Å². The van der Waals surface area contributed by atoms with Crippen LogP contribution in [0.15, 0.2) is 23.5 Å².